The molecule has 2 aromatic carbocycles. The molecule has 2 aromatic rings. The number of benzene rings is 2. The number of rotatable bonds is 1. The van der Waals surface area contributed by atoms with Gasteiger partial charge in [-0.2, -0.15) is 0 Å². The lowest BCUT2D eigenvalue weighted by Gasteiger charge is -1.98. The maximum Gasteiger partial charge on any atom is 0.256 e. The van der Waals surface area contributed by atoms with Crippen LogP contribution in [0.15, 0.2) is 48.5 Å². The van der Waals surface area contributed by atoms with Crippen LogP contribution >= 0.6 is 11.6 Å². The third kappa shape index (κ3) is 1.91. The zero-order valence-corrected chi connectivity index (χ0v) is 10.2. The fraction of sp³-hybridized carbons (Fsp3) is 0. The highest BCUT2D eigenvalue weighted by Crippen LogP contribution is 2.32. The molecule has 88 valence electrons. The molecule has 0 aromatic heterocycles. The maximum atomic E-state index is 11.9. The largest absolute Gasteiger partial charge is 0.321 e. The van der Waals surface area contributed by atoms with Gasteiger partial charge in [0.25, 0.3) is 5.91 Å². The first kappa shape index (κ1) is 11.1. The van der Waals surface area contributed by atoms with Gasteiger partial charge in [0, 0.05) is 21.8 Å². The number of amides is 1. The molecular formula is C15H10ClNO. The monoisotopic (exact) mass is 255 g/mol. The average Bonchev–Trinajstić information content (AvgIpc) is 2.66. The van der Waals surface area contributed by atoms with Crippen LogP contribution in [0.3, 0.4) is 0 Å². The second-order valence-corrected chi connectivity index (χ2v) is 4.55. The van der Waals surface area contributed by atoms with Crippen LogP contribution in [0.4, 0.5) is 5.69 Å². The first-order valence-corrected chi connectivity index (χ1v) is 6.00. The molecule has 1 aliphatic rings. The lowest BCUT2D eigenvalue weighted by atomic mass is 10.0. The summed E-state index contributed by atoms with van der Waals surface area (Å²) < 4.78 is 0. The number of hydrogen-bond donors (Lipinski definition) is 1. The topological polar surface area (TPSA) is 29.1 Å². The molecule has 1 aliphatic heterocycles. The fourth-order valence-electron chi connectivity index (χ4n) is 2.05. The van der Waals surface area contributed by atoms with E-state index in [-0.39, 0.29) is 5.91 Å². The summed E-state index contributed by atoms with van der Waals surface area (Å²) in [7, 11) is 0. The van der Waals surface area contributed by atoms with Gasteiger partial charge < -0.3 is 5.32 Å². The number of carbonyl (C=O) groups excluding carboxylic acids is 1. The Bertz CT molecular complexity index is 661. The first-order valence-electron chi connectivity index (χ1n) is 5.62. The van der Waals surface area contributed by atoms with Gasteiger partial charge in [-0.15, -0.1) is 0 Å². The van der Waals surface area contributed by atoms with Crippen LogP contribution in [-0.2, 0) is 4.79 Å². The number of hydrogen-bond acceptors (Lipinski definition) is 1. The van der Waals surface area contributed by atoms with Gasteiger partial charge in [-0.1, -0.05) is 41.9 Å². The van der Waals surface area contributed by atoms with Crippen molar-refractivity contribution in [3.05, 3.63) is 64.7 Å². The number of nitrogens with one attached hydrogen (secondary N) is 1. The van der Waals surface area contributed by atoms with E-state index in [1.165, 1.54) is 0 Å². The van der Waals surface area contributed by atoms with E-state index in [1.54, 1.807) is 0 Å². The average molecular weight is 256 g/mol. The molecule has 3 rings (SSSR count). The van der Waals surface area contributed by atoms with Crippen LogP contribution in [0.25, 0.3) is 11.6 Å². The molecule has 0 unspecified atom stereocenters. The fourth-order valence-corrected chi connectivity index (χ4v) is 2.24. The summed E-state index contributed by atoms with van der Waals surface area (Å²) in [6, 6.07) is 15.1. The maximum absolute atomic E-state index is 11.9. The van der Waals surface area contributed by atoms with E-state index in [1.807, 2.05) is 54.6 Å². The van der Waals surface area contributed by atoms with E-state index in [9.17, 15) is 4.79 Å². The molecule has 1 amide bonds. The van der Waals surface area contributed by atoms with Crippen LogP contribution in [-0.4, -0.2) is 5.91 Å². The molecule has 0 saturated heterocycles. The zero-order chi connectivity index (χ0) is 12.5. The minimum atomic E-state index is -0.0730. The third-order valence-corrected chi connectivity index (χ3v) is 3.10. The summed E-state index contributed by atoms with van der Waals surface area (Å²) in [4.78, 5) is 11.9. The van der Waals surface area contributed by atoms with Gasteiger partial charge in [0.05, 0.1) is 0 Å². The molecular weight excluding hydrogens is 246 g/mol. The predicted octanol–water partition coefficient (Wildman–Crippen LogP) is 3.83. The summed E-state index contributed by atoms with van der Waals surface area (Å²) in [5.74, 6) is -0.0730. The van der Waals surface area contributed by atoms with Crippen LogP contribution in [0, 0.1) is 0 Å². The standard InChI is InChI=1S/C15H10ClNO/c16-11-5-3-4-10(8-11)9-13-12-6-1-2-7-14(12)17-15(13)18/h1-9H,(H,17,18)/b13-9-. The molecule has 1 heterocycles. The van der Waals surface area contributed by atoms with Crippen molar-refractivity contribution >= 4 is 34.8 Å². The Hall–Kier alpha value is -2.06. The summed E-state index contributed by atoms with van der Waals surface area (Å²) in [5.41, 5.74) is 3.38. The van der Waals surface area contributed by atoms with E-state index in [2.05, 4.69) is 5.32 Å². The van der Waals surface area contributed by atoms with Gasteiger partial charge in [-0.3, -0.25) is 4.79 Å². The van der Waals surface area contributed by atoms with Crippen LogP contribution in [0.5, 0.6) is 0 Å². The van der Waals surface area contributed by atoms with Crippen molar-refractivity contribution < 1.29 is 4.79 Å². The van der Waals surface area contributed by atoms with E-state index >= 15 is 0 Å². The molecule has 0 bridgehead atoms. The second-order valence-electron chi connectivity index (χ2n) is 4.11. The minimum absolute atomic E-state index is 0.0730. The highest BCUT2D eigenvalue weighted by atomic mass is 35.5. The van der Waals surface area contributed by atoms with Gasteiger partial charge in [0.2, 0.25) is 0 Å². The number of fused-ring (bicyclic) bond motifs is 1. The van der Waals surface area contributed by atoms with Gasteiger partial charge in [0.15, 0.2) is 0 Å². The molecule has 18 heavy (non-hydrogen) atoms. The van der Waals surface area contributed by atoms with Gasteiger partial charge in [-0.25, -0.2) is 0 Å². The molecule has 2 nitrogen and oxygen atoms in total. The normalized spacial score (nSPS) is 15.6. The number of para-hydroxylation sites is 1. The Morgan fingerprint density at radius 1 is 1.06 bits per heavy atom. The first-order chi connectivity index (χ1) is 8.74. The SMILES string of the molecule is O=C1Nc2ccccc2/C1=C/c1cccc(Cl)c1. The molecule has 0 radical (unpaired) electrons. The quantitative estimate of drug-likeness (QED) is 0.771. The minimum Gasteiger partial charge on any atom is -0.321 e. The number of carbonyl (C=O) groups is 1. The third-order valence-electron chi connectivity index (χ3n) is 2.87. The molecule has 3 heteroatoms. The molecule has 0 saturated carbocycles. The van der Waals surface area contributed by atoms with Crippen molar-refractivity contribution in [2.45, 2.75) is 0 Å². The Morgan fingerprint density at radius 3 is 2.72 bits per heavy atom. The number of anilines is 1. The highest BCUT2D eigenvalue weighted by molar-refractivity contribution is 6.35. The molecule has 0 aliphatic carbocycles. The van der Waals surface area contributed by atoms with E-state index < -0.39 is 0 Å². The van der Waals surface area contributed by atoms with Crippen molar-refractivity contribution in [3.8, 4) is 0 Å². The Labute approximate surface area is 110 Å². The Morgan fingerprint density at radius 2 is 1.89 bits per heavy atom. The predicted molar refractivity (Wildman–Crippen MR) is 74.4 cm³/mol. The van der Waals surface area contributed by atoms with Crippen LogP contribution in [0.1, 0.15) is 11.1 Å². The van der Waals surface area contributed by atoms with Gasteiger partial charge in [-0.05, 0) is 29.8 Å². The molecule has 0 fully saturated rings. The van der Waals surface area contributed by atoms with E-state index in [0.717, 1.165) is 16.8 Å². The summed E-state index contributed by atoms with van der Waals surface area (Å²) in [5, 5.41) is 3.51. The van der Waals surface area contributed by atoms with Crippen molar-refractivity contribution in [1.82, 2.24) is 0 Å². The number of halogens is 1. The van der Waals surface area contributed by atoms with Crippen molar-refractivity contribution in [1.29, 1.82) is 0 Å². The molecule has 0 atom stereocenters. The molecule has 1 N–H and O–H groups in total. The Kier molecular flexibility index (Phi) is 2.65. The van der Waals surface area contributed by atoms with Gasteiger partial charge in [0.1, 0.15) is 0 Å². The smallest absolute Gasteiger partial charge is 0.256 e. The van der Waals surface area contributed by atoms with Crippen molar-refractivity contribution in [2.75, 3.05) is 5.32 Å². The summed E-state index contributed by atoms with van der Waals surface area (Å²) in [6.45, 7) is 0. The van der Waals surface area contributed by atoms with Crippen LogP contribution in [0.2, 0.25) is 5.02 Å². The van der Waals surface area contributed by atoms with Gasteiger partial charge >= 0.3 is 0 Å². The lowest BCUT2D eigenvalue weighted by molar-refractivity contribution is -0.110. The van der Waals surface area contributed by atoms with Crippen LogP contribution < -0.4 is 5.32 Å². The second kappa shape index (κ2) is 4.31. The van der Waals surface area contributed by atoms with E-state index in [4.69, 9.17) is 11.6 Å². The Balaban J connectivity index is 2.10. The van der Waals surface area contributed by atoms with Crippen molar-refractivity contribution in [3.63, 3.8) is 0 Å². The zero-order valence-electron chi connectivity index (χ0n) is 9.48. The van der Waals surface area contributed by atoms with E-state index in [0.29, 0.717) is 10.6 Å². The molecule has 0 spiro atoms. The summed E-state index contributed by atoms with van der Waals surface area (Å²) in [6.07, 6.45) is 1.85. The van der Waals surface area contributed by atoms with Crippen molar-refractivity contribution in [2.24, 2.45) is 0 Å². The lowest BCUT2D eigenvalue weighted by Crippen LogP contribution is -2.03. The highest BCUT2D eigenvalue weighted by Gasteiger charge is 2.23. The summed E-state index contributed by atoms with van der Waals surface area (Å²) >= 11 is 5.94.